The summed E-state index contributed by atoms with van der Waals surface area (Å²) >= 11 is 0. The molecule has 0 amide bonds. The SMILES string of the molecule is O=C(O)CNc1nc2ccccc2nc1N1CCCC1. The van der Waals surface area contributed by atoms with Gasteiger partial charge in [-0.25, -0.2) is 9.97 Å². The molecule has 2 heterocycles. The average Bonchev–Trinajstić information content (AvgIpc) is 2.98. The minimum Gasteiger partial charge on any atom is -0.480 e. The number of carboxylic acid groups (broad SMARTS) is 1. The number of hydrogen-bond acceptors (Lipinski definition) is 5. The van der Waals surface area contributed by atoms with Gasteiger partial charge in [0.05, 0.1) is 11.0 Å². The molecule has 0 bridgehead atoms. The van der Waals surface area contributed by atoms with Crippen molar-refractivity contribution in [2.24, 2.45) is 0 Å². The average molecular weight is 272 g/mol. The van der Waals surface area contributed by atoms with Gasteiger partial charge in [-0.15, -0.1) is 0 Å². The van der Waals surface area contributed by atoms with Crippen molar-refractivity contribution in [2.75, 3.05) is 29.9 Å². The topological polar surface area (TPSA) is 78.3 Å². The molecule has 6 heteroatoms. The number of anilines is 2. The van der Waals surface area contributed by atoms with Gasteiger partial charge in [-0.05, 0) is 25.0 Å². The summed E-state index contributed by atoms with van der Waals surface area (Å²) in [6, 6.07) is 7.62. The Hall–Kier alpha value is -2.37. The number of carbonyl (C=O) groups is 1. The Kier molecular flexibility index (Phi) is 3.37. The fraction of sp³-hybridized carbons (Fsp3) is 0.357. The van der Waals surface area contributed by atoms with Crippen LogP contribution in [0.3, 0.4) is 0 Å². The van der Waals surface area contributed by atoms with E-state index in [1.807, 2.05) is 24.3 Å². The number of aliphatic carboxylic acids is 1. The molecular weight excluding hydrogens is 256 g/mol. The first-order valence-corrected chi connectivity index (χ1v) is 6.71. The molecule has 1 aromatic carbocycles. The van der Waals surface area contributed by atoms with Crippen LogP contribution in [0, 0.1) is 0 Å². The minimum atomic E-state index is -0.910. The summed E-state index contributed by atoms with van der Waals surface area (Å²) in [5.41, 5.74) is 1.60. The fourth-order valence-electron chi connectivity index (χ4n) is 2.42. The largest absolute Gasteiger partial charge is 0.480 e. The maximum atomic E-state index is 10.7. The number of para-hydroxylation sites is 2. The van der Waals surface area contributed by atoms with Gasteiger partial charge >= 0.3 is 5.97 Å². The van der Waals surface area contributed by atoms with E-state index in [1.54, 1.807) is 0 Å². The molecule has 1 aliphatic heterocycles. The quantitative estimate of drug-likeness (QED) is 0.882. The molecule has 0 unspecified atom stereocenters. The van der Waals surface area contributed by atoms with Gasteiger partial charge in [-0.1, -0.05) is 12.1 Å². The molecule has 0 aliphatic carbocycles. The van der Waals surface area contributed by atoms with Crippen molar-refractivity contribution < 1.29 is 9.90 Å². The molecule has 0 saturated carbocycles. The van der Waals surface area contributed by atoms with E-state index in [4.69, 9.17) is 5.11 Å². The lowest BCUT2D eigenvalue weighted by molar-refractivity contribution is -0.134. The number of hydrogen-bond donors (Lipinski definition) is 2. The molecule has 1 saturated heterocycles. The molecule has 0 spiro atoms. The molecule has 1 aromatic heterocycles. The van der Waals surface area contributed by atoms with Crippen molar-refractivity contribution in [3.05, 3.63) is 24.3 Å². The molecule has 0 atom stereocenters. The number of fused-ring (bicyclic) bond motifs is 1. The first-order chi connectivity index (χ1) is 9.74. The number of carboxylic acids is 1. The summed E-state index contributed by atoms with van der Waals surface area (Å²) in [6.45, 7) is 1.72. The van der Waals surface area contributed by atoms with Crippen LogP contribution in [0.2, 0.25) is 0 Å². The van der Waals surface area contributed by atoms with Crippen molar-refractivity contribution >= 4 is 28.6 Å². The molecule has 1 aliphatic rings. The van der Waals surface area contributed by atoms with Crippen LogP contribution in [0.5, 0.6) is 0 Å². The Morgan fingerprint density at radius 2 is 1.85 bits per heavy atom. The lowest BCUT2D eigenvalue weighted by Gasteiger charge is -2.20. The molecule has 6 nitrogen and oxygen atoms in total. The summed E-state index contributed by atoms with van der Waals surface area (Å²) in [7, 11) is 0. The lowest BCUT2D eigenvalue weighted by atomic mass is 10.3. The monoisotopic (exact) mass is 272 g/mol. The number of nitrogens with zero attached hydrogens (tertiary/aromatic N) is 3. The predicted molar refractivity (Wildman–Crippen MR) is 77.1 cm³/mol. The third kappa shape index (κ3) is 2.49. The third-order valence-electron chi connectivity index (χ3n) is 3.36. The normalized spacial score (nSPS) is 14.7. The van der Waals surface area contributed by atoms with Crippen molar-refractivity contribution in [3.63, 3.8) is 0 Å². The standard InChI is InChI=1S/C14H16N4O2/c19-12(20)9-15-13-14(18-7-3-4-8-18)17-11-6-2-1-5-10(11)16-13/h1-2,5-6H,3-4,7-9H2,(H,15,16)(H,19,20). The maximum Gasteiger partial charge on any atom is 0.322 e. The van der Waals surface area contributed by atoms with Gasteiger partial charge in [0.15, 0.2) is 11.6 Å². The van der Waals surface area contributed by atoms with E-state index in [-0.39, 0.29) is 6.54 Å². The van der Waals surface area contributed by atoms with E-state index >= 15 is 0 Å². The third-order valence-corrected chi connectivity index (χ3v) is 3.36. The number of benzene rings is 1. The lowest BCUT2D eigenvalue weighted by Crippen LogP contribution is -2.23. The Morgan fingerprint density at radius 1 is 1.20 bits per heavy atom. The second kappa shape index (κ2) is 5.32. The van der Waals surface area contributed by atoms with Crippen LogP contribution in [0.15, 0.2) is 24.3 Å². The van der Waals surface area contributed by atoms with E-state index in [0.29, 0.717) is 5.82 Å². The molecule has 2 aromatic rings. The zero-order valence-corrected chi connectivity index (χ0v) is 11.0. The van der Waals surface area contributed by atoms with Crippen molar-refractivity contribution in [1.29, 1.82) is 0 Å². The number of nitrogens with one attached hydrogen (secondary N) is 1. The van der Waals surface area contributed by atoms with Gasteiger partial charge in [0.25, 0.3) is 0 Å². The molecular formula is C14H16N4O2. The summed E-state index contributed by atoms with van der Waals surface area (Å²) in [4.78, 5) is 22.1. The van der Waals surface area contributed by atoms with E-state index in [2.05, 4.69) is 20.2 Å². The Balaban J connectivity index is 2.02. The van der Waals surface area contributed by atoms with Gasteiger partial charge in [-0.2, -0.15) is 0 Å². The first-order valence-electron chi connectivity index (χ1n) is 6.71. The van der Waals surface area contributed by atoms with Crippen LogP contribution in [-0.2, 0) is 4.79 Å². The zero-order chi connectivity index (χ0) is 13.9. The van der Waals surface area contributed by atoms with Gasteiger partial charge in [0, 0.05) is 13.1 Å². The molecule has 1 fully saturated rings. The van der Waals surface area contributed by atoms with Gasteiger partial charge in [0.1, 0.15) is 6.54 Å². The van der Waals surface area contributed by atoms with Gasteiger partial charge in [0.2, 0.25) is 0 Å². The number of aromatic nitrogens is 2. The highest BCUT2D eigenvalue weighted by atomic mass is 16.4. The fourth-order valence-corrected chi connectivity index (χ4v) is 2.42. The van der Waals surface area contributed by atoms with Gasteiger partial charge < -0.3 is 15.3 Å². The second-order valence-electron chi connectivity index (χ2n) is 4.83. The minimum absolute atomic E-state index is 0.159. The first kappa shape index (κ1) is 12.7. The Bertz CT molecular complexity index is 638. The highest BCUT2D eigenvalue weighted by Crippen LogP contribution is 2.27. The Morgan fingerprint density at radius 3 is 2.50 bits per heavy atom. The van der Waals surface area contributed by atoms with E-state index in [9.17, 15) is 4.79 Å². The molecule has 20 heavy (non-hydrogen) atoms. The summed E-state index contributed by atoms with van der Waals surface area (Å²) < 4.78 is 0. The van der Waals surface area contributed by atoms with E-state index in [0.717, 1.165) is 42.8 Å². The summed E-state index contributed by atoms with van der Waals surface area (Å²) in [5, 5.41) is 11.7. The van der Waals surface area contributed by atoms with Crippen LogP contribution >= 0.6 is 0 Å². The van der Waals surface area contributed by atoms with Crippen molar-refractivity contribution in [3.8, 4) is 0 Å². The van der Waals surface area contributed by atoms with Crippen LogP contribution in [0.25, 0.3) is 11.0 Å². The van der Waals surface area contributed by atoms with Gasteiger partial charge in [-0.3, -0.25) is 4.79 Å². The Labute approximate surface area is 116 Å². The molecule has 3 rings (SSSR count). The smallest absolute Gasteiger partial charge is 0.322 e. The van der Waals surface area contributed by atoms with Crippen LogP contribution < -0.4 is 10.2 Å². The predicted octanol–water partition coefficient (Wildman–Crippen LogP) is 1.73. The molecule has 2 N–H and O–H groups in total. The van der Waals surface area contributed by atoms with Crippen molar-refractivity contribution in [2.45, 2.75) is 12.8 Å². The second-order valence-corrected chi connectivity index (χ2v) is 4.83. The van der Waals surface area contributed by atoms with E-state index < -0.39 is 5.97 Å². The summed E-state index contributed by atoms with van der Waals surface area (Å²) in [5.74, 6) is 0.391. The zero-order valence-electron chi connectivity index (χ0n) is 11.0. The van der Waals surface area contributed by atoms with Crippen LogP contribution in [0.4, 0.5) is 11.6 Å². The molecule has 104 valence electrons. The highest BCUT2D eigenvalue weighted by molar-refractivity contribution is 5.82. The maximum absolute atomic E-state index is 10.7. The van der Waals surface area contributed by atoms with Crippen molar-refractivity contribution in [1.82, 2.24) is 9.97 Å². The molecule has 0 radical (unpaired) electrons. The van der Waals surface area contributed by atoms with Crippen LogP contribution in [-0.4, -0.2) is 40.7 Å². The van der Waals surface area contributed by atoms with Crippen LogP contribution in [0.1, 0.15) is 12.8 Å². The highest BCUT2D eigenvalue weighted by Gasteiger charge is 2.19. The van der Waals surface area contributed by atoms with E-state index in [1.165, 1.54) is 0 Å². The summed E-state index contributed by atoms with van der Waals surface area (Å²) in [6.07, 6.45) is 2.26. The number of rotatable bonds is 4.